The van der Waals surface area contributed by atoms with E-state index in [4.69, 9.17) is 10.9 Å². The molecule has 1 aromatic heterocycles. The summed E-state index contributed by atoms with van der Waals surface area (Å²) in [6.07, 6.45) is 3.77. The number of nitrogens with zero attached hydrogens (tertiary/aromatic N) is 3. The van der Waals surface area contributed by atoms with Gasteiger partial charge in [0, 0.05) is 25.2 Å². The van der Waals surface area contributed by atoms with Crippen LogP contribution in [0.5, 0.6) is 0 Å². The first-order valence-electron chi connectivity index (χ1n) is 6.13. The summed E-state index contributed by atoms with van der Waals surface area (Å²) in [5, 5.41) is 19.3. The largest absolute Gasteiger partial charge is 0.409 e. The summed E-state index contributed by atoms with van der Waals surface area (Å²) in [6, 6.07) is 1.99. The van der Waals surface area contributed by atoms with Gasteiger partial charge in [-0.05, 0) is 25.5 Å². The Bertz CT molecular complexity index is 397. The van der Waals surface area contributed by atoms with E-state index >= 15 is 0 Å². The lowest BCUT2D eigenvalue weighted by molar-refractivity contribution is 0.304. The van der Waals surface area contributed by atoms with Gasteiger partial charge in [0.1, 0.15) is 5.84 Å². The van der Waals surface area contributed by atoms with E-state index in [1.807, 2.05) is 33.2 Å². The minimum atomic E-state index is -0.262. The highest BCUT2D eigenvalue weighted by atomic mass is 16.4. The minimum Gasteiger partial charge on any atom is -0.409 e. The molecule has 18 heavy (non-hydrogen) atoms. The second-order valence-corrected chi connectivity index (χ2v) is 5.13. The lowest BCUT2D eigenvalue weighted by atomic mass is 9.86. The third-order valence-electron chi connectivity index (χ3n) is 3.03. The maximum absolute atomic E-state index is 8.66. The number of hydrogen-bond acceptors (Lipinski definition) is 4. The van der Waals surface area contributed by atoms with Gasteiger partial charge in [0.05, 0.1) is 5.69 Å². The Hall–Kier alpha value is -1.56. The highest BCUT2D eigenvalue weighted by molar-refractivity contribution is 5.85. The van der Waals surface area contributed by atoms with Crippen molar-refractivity contribution in [2.75, 3.05) is 6.54 Å². The highest BCUT2D eigenvalue weighted by Gasteiger charge is 2.22. The number of aromatic nitrogens is 2. The fourth-order valence-corrected chi connectivity index (χ4v) is 1.69. The summed E-state index contributed by atoms with van der Waals surface area (Å²) in [5.74, 6) is 0.284. The summed E-state index contributed by atoms with van der Waals surface area (Å²) < 4.78 is 1.79. The van der Waals surface area contributed by atoms with Crippen molar-refractivity contribution in [3.8, 4) is 0 Å². The van der Waals surface area contributed by atoms with E-state index in [0.29, 0.717) is 0 Å². The van der Waals surface area contributed by atoms with E-state index < -0.39 is 0 Å². The van der Waals surface area contributed by atoms with Crippen molar-refractivity contribution in [1.82, 2.24) is 15.1 Å². The fraction of sp³-hybridized carbons (Fsp3) is 0.667. The van der Waals surface area contributed by atoms with Crippen molar-refractivity contribution >= 4 is 5.84 Å². The molecule has 0 radical (unpaired) electrons. The maximum atomic E-state index is 8.66. The number of aryl methyl sites for hydroxylation is 1. The highest BCUT2D eigenvalue weighted by Crippen LogP contribution is 2.21. The van der Waals surface area contributed by atoms with Crippen LogP contribution in [0.1, 0.15) is 32.4 Å². The van der Waals surface area contributed by atoms with Crippen molar-refractivity contribution in [3.05, 3.63) is 18.0 Å². The van der Waals surface area contributed by atoms with Gasteiger partial charge in [-0.2, -0.15) is 5.10 Å². The first-order chi connectivity index (χ1) is 8.45. The molecular formula is C12H23N5O. The average Bonchev–Trinajstić information content (AvgIpc) is 2.73. The predicted octanol–water partition coefficient (Wildman–Crippen LogP) is 1.06. The van der Waals surface area contributed by atoms with Gasteiger partial charge in [-0.3, -0.25) is 4.68 Å². The molecular weight excluding hydrogens is 230 g/mol. The second kappa shape index (κ2) is 6.39. The van der Waals surface area contributed by atoms with Gasteiger partial charge in [0.25, 0.3) is 0 Å². The van der Waals surface area contributed by atoms with Gasteiger partial charge in [-0.15, -0.1) is 0 Å². The zero-order chi connectivity index (χ0) is 13.6. The summed E-state index contributed by atoms with van der Waals surface area (Å²) in [5.41, 5.74) is 6.40. The fourth-order valence-electron chi connectivity index (χ4n) is 1.69. The Morgan fingerprint density at radius 3 is 2.89 bits per heavy atom. The van der Waals surface area contributed by atoms with Gasteiger partial charge in [-0.25, -0.2) is 0 Å². The third kappa shape index (κ3) is 4.37. The van der Waals surface area contributed by atoms with Crippen LogP contribution in [-0.4, -0.2) is 27.4 Å². The van der Waals surface area contributed by atoms with Gasteiger partial charge < -0.3 is 16.3 Å². The summed E-state index contributed by atoms with van der Waals surface area (Å²) in [6.45, 7) is 5.60. The van der Waals surface area contributed by atoms with E-state index in [2.05, 4.69) is 15.6 Å². The summed E-state index contributed by atoms with van der Waals surface area (Å²) >= 11 is 0. The van der Waals surface area contributed by atoms with Crippen LogP contribution in [0.25, 0.3) is 0 Å². The van der Waals surface area contributed by atoms with Crippen LogP contribution in [0.2, 0.25) is 0 Å². The monoisotopic (exact) mass is 253 g/mol. The van der Waals surface area contributed by atoms with Crippen LogP contribution >= 0.6 is 0 Å². The van der Waals surface area contributed by atoms with Crippen molar-refractivity contribution < 1.29 is 5.21 Å². The normalized spacial score (nSPS) is 12.9. The minimum absolute atomic E-state index is 0.262. The van der Waals surface area contributed by atoms with Crippen LogP contribution in [0.15, 0.2) is 17.4 Å². The number of oxime groups is 1. The molecule has 0 fully saturated rings. The topological polar surface area (TPSA) is 88.5 Å². The van der Waals surface area contributed by atoms with Crippen LogP contribution in [0.3, 0.4) is 0 Å². The molecule has 0 saturated heterocycles. The zero-order valence-corrected chi connectivity index (χ0v) is 11.3. The maximum Gasteiger partial charge on any atom is 0.144 e. The zero-order valence-electron chi connectivity index (χ0n) is 11.3. The van der Waals surface area contributed by atoms with Crippen LogP contribution in [0.4, 0.5) is 0 Å². The Labute approximate surface area is 108 Å². The number of amidine groups is 1. The van der Waals surface area contributed by atoms with E-state index in [1.54, 1.807) is 4.68 Å². The third-order valence-corrected chi connectivity index (χ3v) is 3.03. The molecule has 6 heteroatoms. The van der Waals surface area contributed by atoms with Crippen LogP contribution < -0.4 is 11.1 Å². The molecule has 0 unspecified atom stereocenters. The van der Waals surface area contributed by atoms with Crippen molar-refractivity contribution in [2.45, 2.75) is 33.2 Å². The Morgan fingerprint density at radius 1 is 1.61 bits per heavy atom. The van der Waals surface area contributed by atoms with E-state index in [-0.39, 0.29) is 11.3 Å². The molecule has 0 aliphatic heterocycles. The molecule has 0 amide bonds. The first-order valence-corrected chi connectivity index (χ1v) is 6.13. The van der Waals surface area contributed by atoms with Crippen LogP contribution in [-0.2, 0) is 13.6 Å². The molecule has 0 bridgehead atoms. The molecule has 1 rings (SSSR count). The molecule has 0 aliphatic carbocycles. The van der Waals surface area contributed by atoms with Gasteiger partial charge in [0.15, 0.2) is 0 Å². The molecule has 0 aromatic carbocycles. The lowest BCUT2D eigenvalue weighted by Gasteiger charge is -2.22. The molecule has 0 spiro atoms. The van der Waals surface area contributed by atoms with Crippen molar-refractivity contribution in [1.29, 1.82) is 0 Å². The van der Waals surface area contributed by atoms with Gasteiger partial charge in [-0.1, -0.05) is 19.0 Å². The quantitative estimate of drug-likeness (QED) is 0.223. The molecule has 0 atom stereocenters. The molecule has 102 valence electrons. The summed E-state index contributed by atoms with van der Waals surface area (Å²) in [7, 11) is 1.91. The van der Waals surface area contributed by atoms with Gasteiger partial charge >= 0.3 is 0 Å². The number of nitrogens with two attached hydrogens (primary N) is 1. The first kappa shape index (κ1) is 14.5. The number of hydrogen-bond donors (Lipinski definition) is 3. The molecule has 1 aromatic rings. The SMILES string of the molecule is Cn1ccc(CNCCCC(C)(C)/C(N)=N/O)n1. The van der Waals surface area contributed by atoms with E-state index in [9.17, 15) is 0 Å². The predicted molar refractivity (Wildman–Crippen MR) is 71.3 cm³/mol. The van der Waals surface area contributed by atoms with Crippen molar-refractivity contribution in [2.24, 2.45) is 23.4 Å². The standard InChI is InChI=1S/C12H23N5O/c1-12(2,11(13)16-18)6-4-7-14-9-10-5-8-17(3)15-10/h5,8,14,18H,4,6-7,9H2,1-3H3,(H2,13,16). The Kier molecular flexibility index (Phi) is 5.15. The summed E-state index contributed by atoms with van der Waals surface area (Å²) in [4.78, 5) is 0. The average molecular weight is 253 g/mol. The lowest BCUT2D eigenvalue weighted by Crippen LogP contribution is -2.32. The van der Waals surface area contributed by atoms with E-state index in [1.165, 1.54) is 0 Å². The molecule has 4 N–H and O–H groups in total. The molecule has 6 nitrogen and oxygen atoms in total. The Morgan fingerprint density at radius 2 is 2.33 bits per heavy atom. The smallest absolute Gasteiger partial charge is 0.144 e. The molecule has 0 aliphatic rings. The van der Waals surface area contributed by atoms with E-state index in [0.717, 1.165) is 31.6 Å². The van der Waals surface area contributed by atoms with Gasteiger partial charge in [0.2, 0.25) is 0 Å². The second-order valence-electron chi connectivity index (χ2n) is 5.13. The van der Waals surface area contributed by atoms with Crippen LogP contribution in [0, 0.1) is 5.41 Å². The molecule has 1 heterocycles. The number of rotatable bonds is 7. The van der Waals surface area contributed by atoms with Crippen molar-refractivity contribution in [3.63, 3.8) is 0 Å². The Balaban J connectivity index is 2.19. The number of nitrogens with one attached hydrogen (secondary N) is 1. The molecule has 0 saturated carbocycles.